The SMILES string of the molecule is CC(=O)NCCN(C(=O)c1cn(Cc2ccccc2)nn1)C(C)C(=O)O. The Bertz CT molecular complexity index is 774. The molecule has 1 unspecified atom stereocenters. The summed E-state index contributed by atoms with van der Waals surface area (Å²) in [5, 5.41) is 19.6. The molecule has 0 aliphatic heterocycles. The van der Waals surface area contributed by atoms with Crippen LogP contribution in [0.25, 0.3) is 0 Å². The van der Waals surface area contributed by atoms with E-state index in [4.69, 9.17) is 0 Å². The van der Waals surface area contributed by atoms with Gasteiger partial charge in [-0.2, -0.15) is 0 Å². The monoisotopic (exact) mass is 359 g/mol. The van der Waals surface area contributed by atoms with Crippen LogP contribution in [0.3, 0.4) is 0 Å². The third-order valence-electron chi connectivity index (χ3n) is 3.76. The van der Waals surface area contributed by atoms with Crippen LogP contribution >= 0.6 is 0 Å². The summed E-state index contributed by atoms with van der Waals surface area (Å²) in [4.78, 5) is 36.1. The number of amides is 2. The van der Waals surface area contributed by atoms with Crippen molar-refractivity contribution >= 4 is 17.8 Å². The third kappa shape index (κ3) is 5.13. The summed E-state index contributed by atoms with van der Waals surface area (Å²) >= 11 is 0. The number of hydrogen-bond acceptors (Lipinski definition) is 5. The summed E-state index contributed by atoms with van der Waals surface area (Å²) in [6.07, 6.45) is 1.48. The van der Waals surface area contributed by atoms with Crippen LogP contribution in [-0.2, 0) is 16.1 Å². The van der Waals surface area contributed by atoms with Gasteiger partial charge in [0.25, 0.3) is 5.91 Å². The van der Waals surface area contributed by atoms with Crippen molar-refractivity contribution in [2.24, 2.45) is 0 Å². The molecule has 26 heavy (non-hydrogen) atoms. The molecule has 9 heteroatoms. The number of benzene rings is 1. The number of carboxylic acids is 1. The van der Waals surface area contributed by atoms with Gasteiger partial charge in [0.05, 0.1) is 12.7 Å². The number of nitrogens with zero attached hydrogens (tertiary/aromatic N) is 4. The largest absolute Gasteiger partial charge is 0.480 e. The molecule has 2 amide bonds. The van der Waals surface area contributed by atoms with Crippen LogP contribution in [0.15, 0.2) is 36.5 Å². The van der Waals surface area contributed by atoms with E-state index in [1.807, 2.05) is 30.3 Å². The van der Waals surface area contributed by atoms with Gasteiger partial charge >= 0.3 is 5.97 Å². The van der Waals surface area contributed by atoms with E-state index in [1.54, 1.807) is 0 Å². The third-order valence-corrected chi connectivity index (χ3v) is 3.76. The topological polar surface area (TPSA) is 117 Å². The standard InChI is InChI=1S/C17H21N5O4/c1-12(17(25)26)22(9-8-18-13(2)23)16(24)15-11-21(20-19-15)10-14-6-4-3-5-7-14/h3-7,11-12H,8-10H2,1-2H3,(H,18,23)(H,25,26). The number of aliphatic carboxylic acids is 1. The molecule has 138 valence electrons. The zero-order valence-electron chi connectivity index (χ0n) is 14.6. The molecule has 0 radical (unpaired) electrons. The summed E-state index contributed by atoms with van der Waals surface area (Å²) in [7, 11) is 0. The van der Waals surface area contributed by atoms with E-state index in [2.05, 4.69) is 15.6 Å². The molecular weight excluding hydrogens is 338 g/mol. The van der Waals surface area contributed by atoms with Gasteiger partial charge in [-0.15, -0.1) is 5.10 Å². The summed E-state index contributed by atoms with van der Waals surface area (Å²) in [5.74, 6) is -1.95. The summed E-state index contributed by atoms with van der Waals surface area (Å²) < 4.78 is 1.51. The van der Waals surface area contributed by atoms with Crippen LogP contribution in [0.4, 0.5) is 0 Å². The lowest BCUT2D eigenvalue weighted by Gasteiger charge is -2.25. The molecule has 1 aromatic heterocycles. The number of carbonyl (C=O) groups is 3. The second kappa shape index (κ2) is 8.75. The van der Waals surface area contributed by atoms with Gasteiger partial charge in [0.15, 0.2) is 5.69 Å². The lowest BCUT2D eigenvalue weighted by molar-refractivity contribution is -0.141. The van der Waals surface area contributed by atoms with Crippen molar-refractivity contribution in [3.05, 3.63) is 47.8 Å². The first kappa shape index (κ1) is 19.1. The normalized spacial score (nSPS) is 11.6. The van der Waals surface area contributed by atoms with Gasteiger partial charge in [-0.25, -0.2) is 9.48 Å². The Labute approximate surface area is 150 Å². The Hall–Kier alpha value is -3.23. The van der Waals surface area contributed by atoms with Crippen molar-refractivity contribution in [2.45, 2.75) is 26.4 Å². The fourth-order valence-electron chi connectivity index (χ4n) is 2.35. The zero-order valence-corrected chi connectivity index (χ0v) is 14.6. The van der Waals surface area contributed by atoms with Crippen molar-refractivity contribution in [3.63, 3.8) is 0 Å². The minimum atomic E-state index is -1.14. The summed E-state index contributed by atoms with van der Waals surface area (Å²) in [6, 6.07) is 8.49. The average Bonchev–Trinajstić information content (AvgIpc) is 3.06. The van der Waals surface area contributed by atoms with E-state index in [1.165, 1.54) is 24.7 Å². The highest BCUT2D eigenvalue weighted by molar-refractivity contribution is 5.94. The molecule has 2 aromatic rings. The quantitative estimate of drug-likeness (QED) is 0.703. The maximum Gasteiger partial charge on any atom is 0.326 e. The van der Waals surface area contributed by atoms with Gasteiger partial charge in [-0.3, -0.25) is 9.59 Å². The van der Waals surface area contributed by atoms with Crippen molar-refractivity contribution < 1.29 is 19.5 Å². The van der Waals surface area contributed by atoms with E-state index in [0.717, 1.165) is 10.5 Å². The van der Waals surface area contributed by atoms with Crippen molar-refractivity contribution in [3.8, 4) is 0 Å². The van der Waals surface area contributed by atoms with Gasteiger partial charge in [0.2, 0.25) is 5.91 Å². The van der Waals surface area contributed by atoms with Gasteiger partial charge in [0.1, 0.15) is 6.04 Å². The zero-order chi connectivity index (χ0) is 19.1. The number of nitrogens with one attached hydrogen (secondary N) is 1. The average molecular weight is 359 g/mol. The number of rotatable bonds is 8. The molecule has 2 rings (SSSR count). The maximum absolute atomic E-state index is 12.7. The van der Waals surface area contributed by atoms with E-state index >= 15 is 0 Å². The summed E-state index contributed by atoms with van der Waals surface area (Å²) in [6.45, 7) is 3.40. The Morgan fingerprint density at radius 2 is 1.96 bits per heavy atom. The lowest BCUT2D eigenvalue weighted by Crippen LogP contribution is -2.46. The highest BCUT2D eigenvalue weighted by atomic mass is 16.4. The van der Waals surface area contributed by atoms with Crippen LogP contribution < -0.4 is 5.32 Å². The fraction of sp³-hybridized carbons (Fsp3) is 0.353. The first-order valence-electron chi connectivity index (χ1n) is 8.10. The molecule has 0 saturated heterocycles. The second-order valence-electron chi connectivity index (χ2n) is 5.78. The van der Waals surface area contributed by atoms with Crippen LogP contribution in [0, 0.1) is 0 Å². The number of aromatic nitrogens is 3. The molecule has 0 aliphatic carbocycles. The number of carboxylic acid groups (broad SMARTS) is 1. The highest BCUT2D eigenvalue weighted by Crippen LogP contribution is 2.08. The van der Waals surface area contributed by atoms with Gasteiger partial charge in [-0.1, -0.05) is 35.5 Å². The van der Waals surface area contributed by atoms with Crippen molar-refractivity contribution in [1.29, 1.82) is 0 Å². The van der Waals surface area contributed by atoms with Crippen LogP contribution in [0.5, 0.6) is 0 Å². The molecule has 1 heterocycles. The van der Waals surface area contributed by atoms with E-state index in [0.29, 0.717) is 6.54 Å². The van der Waals surface area contributed by atoms with Crippen LogP contribution in [-0.4, -0.2) is 61.9 Å². The predicted octanol–water partition coefficient (Wildman–Crippen LogP) is 0.378. The molecule has 0 spiro atoms. The lowest BCUT2D eigenvalue weighted by atomic mass is 10.2. The van der Waals surface area contributed by atoms with E-state index in [-0.39, 0.29) is 24.7 Å². The number of hydrogen-bond donors (Lipinski definition) is 2. The van der Waals surface area contributed by atoms with Crippen molar-refractivity contribution in [1.82, 2.24) is 25.2 Å². The van der Waals surface area contributed by atoms with Crippen molar-refractivity contribution in [2.75, 3.05) is 13.1 Å². The molecule has 1 atom stereocenters. The molecule has 2 N–H and O–H groups in total. The van der Waals surface area contributed by atoms with Gasteiger partial charge in [-0.05, 0) is 12.5 Å². The minimum Gasteiger partial charge on any atom is -0.480 e. The van der Waals surface area contributed by atoms with Crippen LogP contribution in [0.2, 0.25) is 0 Å². The van der Waals surface area contributed by atoms with E-state index < -0.39 is 17.9 Å². The Morgan fingerprint density at radius 1 is 1.27 bits per heavy atom. The van der Waals surface area contributed by atoms with Gasteiger partial charge < -0.3 is 15.3 Å². The van der Waals surface area contributed by atoms with Crippen LogP contribution in [0.1, 0.15) is 29.9 Å². The first-order chi connectivity index (χ1) is 12.4. The molecule has 0 saturated carbocycles. The fourth-order valence-corrected chi connectivity index (χ4v) is 2.35. The Kier molecular flexibility index (Phi) is 6.42. The number of carbonyl (C=O) groups excluding carboxylic acids is 2. The maximum atomic E-state index is 12.7. The predicted molar refractivity (Wildman–Crippen MR) is 92.4 cm³/mol. The Morgan fingerprint density at radius 3 is 2.58 bits per heavy atom. The minimum absolute atomic E-state index is 0.0526. The molecule has 1 aromatic carbocycles. The smallest absolute Gasteiger partial charge is 0.326 e. The van der Waals surface area contributed by atoms with E-state index in [9.17, 15) is 19.5 Å². The summed E-state index contributed by atoms with van der Waals surface area (Å²) in [5.41, 5.74) is 1.05. The molecular formula is C17H21N5O4. The highest BCUT2D eigenvalue weighted by Gasteiger charge is 2.28. The Balaban J connectivity index is 2.11. The molecule has 0 fully saturated rings. The second-order valence-corrected chi connectivity index (χ2v) is 5.78. The molecule has 0 aliphatic rings. The first-order valence-corrected chi connectivity index (χ1v) is 8.10. The van der Waals surface area contributed by atoms with Gasteiger partial charge in [0, 0.05) is 20.0 Å². The molecule has 9 nitrogen and oxygen atoms in total. The molecule has 0 bridgehead atoms.